The van der Waals surface area contributed by atoms with Gasteiger partial charge in [-0.1, -0.05) is 19.3 Å². The number of guanidine groups is 1. The van der Waals surface area contributed by atoms with E-state index in [0.717, 1.165) is 25.8 Å². The predicted octanol–water partition coefficient (Wildman–Crippen LogP) is 3.47. The molecule has 0 aromatic carbocycles. The van der Waals surface area contributed by atoms with Gasteiger partial charge >= 0.3 is 6.18 Å². The Labute approximate surface area is 201 Å². The molecule has 1 heterocycles. The Morgan fingerprint density at radius 3 is 2.26 bits per heavy atom. The van der Waals surface area contributed by atoms with Gasteiger partial charge in [0.15, 0.2) is 5.96 Å². The first kappa shape index (κ1) is 28.3. The maximum atomic E-state index is 12.5. The molecule has 0 atom stereocenters. The molecule has 1 saturated carbocycles. The van der Waals surface area contributed by atoms with Crippen molar-refractivity contribution in [3.8, 4) is 0 Å². The molecule has 2 fully saturated rings. The van der Waals surface area contributed by atoms with Gasteiger partial charge in [-0.3, -0.25) is 9.69 Å². The zero-order chi connectivity index (χ0) is 22.0. The number of carbonyl (C=O) groups is 1. The highest BCUT2D eigenvalue weighted by molar-refractivity contribution is 14.0. The van der Waals surface area contributed by atoms with E-state index in [9.17, 15) is 18.0 Å². The van der Waals surface area contributed by atoms with Gasteiger partial charge in [0, 0.05) is 27.2 Å². The first-order valence-electron chi connectivity index (χ1n) is 11.2. The lowest BCUT2D eigenvalue weighted by molar-refractivity contribution is -0.148. The van der Waals surface area contributed by atoms with Crippen LogP contribution in [0, 0.1) is 11.8 Å². The number of likely N-dealkylation sites (tertiary alicyclic amines) is 1. The second-order valence-corrected chi connectivity index (χ2v) is 8.89. The van der Waals surface area contributed by atoms with E-state index in [4.69, 9.17) is 0 Å². The molecule has 182 valence electrons. The highest BCUT2D eigenvalue weighted by Gasteiger charge is 2.32. The normalized spacial score (nSPS) is 19.6. The fourth-order valence-electron chi connectivity index (χ4n) is 4.18. The molecule has 2 N–H and O–H groups in total. The van der Waals surface area contributed by atoms with Gasteiger partial charge in [-0.05, 0) is 57.0 Å². The minimum atomic E-state index is -4.12. The highest BCUT2D eigenvalue weighted by atomic mass is 127. The van der Waals surface area contributed by atoms with Crippen LogP contribution in [0.25, 0.3) is 0 Å². The summed E-state index contributed by atoms with van der Waals surface area (Å²) in [6, 6.07) is 0. The molecule has 0 unspecified atom stereocenters. The molecule has 31 heavy (non-hydrogen) atoms. The van der Waals surface area contributed by atoms with Crippen LogP contribution < -0.4 is 10.6 Å². The van der Waals surface area contributed by atoms with Crippen molar-refractivity contribution in [2.75, 3.05) is 53.4 Å². The van der Waals surface area contributed by atoms with Crippen LogP contribution in [0.5, 0.6) is 0 Å². The minimum absolute atomic E-state index is 0. The molecule has 1 aliphatic carbocycles. The van der Waals surface area contributed by atoms with Crippen molar-refractivity contribution in [1.29, 1.82) is 0 Å². The number of piperidine rings is 1. The average molecular weight is 561 g/mol. The van der Waals surface area contributed by atoms with Crippen molar-refractivity contribution in [3.05, 3.63) is 0 Å². The van der Waals surface area contributed by atoms with Crippen LogP contribution in [-0.4, -0.2) is 81.2 Å². The lowest BCUT2D eigenvalue weighted by atomic mass is 9.89. The Morgan fingerprint density at radius 1 is 1.03 bits per heavy atom. The molecule has 1 saturated heterocycles. The van der Waals surface area contributed by atoms with E-state index in [0.29, 0.717) is 37.4 Å². The summed E-state index contributed by atoms with van der Waals surface area (Å²) in [4.78, 5) is 19.3. The summed E-state index contributed by atoms with van der Waals surface area (Å²) in [7, 11) is 3.43. The summed E-state index contributed by atoms with van der Waals surface area (Å²) in [5.74, 6) is 1.68. The van der Waals surface area contributed by atoms with Crippen LogP contribution in [0.15, 0.2) is 4.99 Å². The number of nitrogens with zero attached hydrogens (tertiary/aromatic N) is 3. The van der Waals surface area contributed by atoms with Gasteiger partial charge in [-0.25, -0.2) is 4.99 Å². The van der Waals surface area contributed by atoms with Gasteiger partial charge in [-0.2, -0.15) is 13.2 Å². The summed E-state index contributed by atoms with van der Waals surface area (Å²) in [5, 5.41) is 6.71. The summed E-state index contributed by atoms with van der Waals surface area (Å²) >= 11 is 0. The largest absolute Gasteiger partial charge is 0.401 e. The van der Waals surface area contributed by atoms with E-state index >= 15 is 0 Å². The SMILES string of the molecule is CN(C)C(=O)CN=C(NCCC1CCN(CC(F)(F)F)CC1)NCC1CCCCC1.I. The number of nitrogens with one attached hydrogen (secondary N) is 2. The molecule has 0 aromatic heterocycles. The number of likely N-dealkylation sites (N-methyl/N-ethyl adjacent to an activating group) is 1. The van der Waals surface area contributed by atoms with E-state index in [1.54, 1.807) is 14.1 Å². The Balaban J connectivity index is 0.00000480. The molecule has 0 aromatic rings. The van der Waals surface area contributed by atoms with Crippen LogP contribution in [0.4, 0.5) is 13.2 Å². The number of halogens is 4. The molecule has 1 amide bonds. The van der Waals surface area contributed by atoms with Crippen molar-refractivity contribution in [1.82, 2.24) is 20.4 Å². The Hall–Kier alpha value is -0.780. The van der Waals surface area contributed by atoms with Crippen LogP contribution in [-0.2, 0) is 4.79 Å². The van der Waals surface area contributed by atoms with E-state index in [2.05, 4.69) is 15.6 Å². The molecule has 6 nitrogen and oxygen atoms in total. The molecule has 0 spiro atoms. The van der Waals surface area contributed by atoms with Gasteiger partial charge in [-0.15, -0.1) is 24.0 Å². The number of carbonyl (C=O) groups excluding carboxylic acids is 1. The van der Waals surface area contributed by atoms with E-state index in [-0.39, 0.29) is 36.4 Å². The number of alkyl halides is 3. The van der Waals surface area contributed by atoms with Crippen LogP contribution >= 0.6 is 24.0 Å². The molecular weight excluding hydrogens is 522 g/mol. The van der Waals surface area contributed by atoms with Crippen molar-refractivity contribution in [3.63, 3.8) is 0 Å². The molecule has 0 radical (unpaired) electrons. The van der Waals surface area contributed by atoms with E-state index < -0.39 is 12.7 Å². The molecule has 1 aliphatic heterocycles. The van der Waals surface area contributed by atoms with Crippen molar-refractivity contribution < 1.29 is 18.0 Å². The predicted molar refractivity (Wildman–Crippen MR) is 129 cm³/mol. The number of aliphatic imine (C=N–C) groups is 1. The van der Waals surface area contributed by atoms with Crippen LogP contribution in [0.3, 0.4) is 0 Å². The second-order valence-electron chi connectivity index (χ2n) is 8.89. The molecular formula is C21H39F3IN5O. The maximum Gasteiger partial charge on any atom is 0.401 e. The van der Waals surface area contributed by atoms with Gasteiger partial charge in [0.1, 0.15) is 6.54 Å². The summed E-state index contributed by atoms with van der Waals surface area (Å²) in [6.07, 6.45) is 4.68. The van der Waals surface area contributed by atoms with Crippen molar-refractivity contribution in [2.45, 2.75) is 57.5 Å². The highest BCUT2D eigenvalue weighted by Crippen LogP contribution is 2.24. The summed E-state index contributed by atoms with van der Waals surface area (Å²) in [6.45, 7) is 1.86. The zero-order valence-corrected chi connectivity index (χ0v) is 21.2. The maximum absolute atomic E-state index is 12.5. The first-order valence-corrected chi connectivity index (χ1v) is 11.2. The van der Waals surface area contributed by atoms with Gasteiger partial charge < -0.3 is 15.5 Å². The average Bonchev–Trinajstić information content (AvgIpc) is 2.70. The smallest absolute Gasteiger partial charge is 0.356 e. The molecule has 2 rings (SSSR count). The molecule has 10 heteroatoms. The monoisotopic (exact) mass is 561 g/mol. The van der Waals surface area contributed by atoms with Crippen LogP contribution in [0.2, 0.25) is 0 Å². The van der Waals surface area contributed by atoms with Gasteiger partial charge in [0.2, 0.25) is 5.91 Å². The fourth-order valence-corrected chi connectivity index (χ4v) is 4.18. The second kappa shape index (κ2) is 14.4. The zero-order valence-electron chi connectivity index (χ0n) is 18.8. The Bertz CT molecular complexity index is 546. The lowest BCUT2D eigenvalue weighted by Crippen LogP contribution is -2.43. The number of hydrogen-bond acceptors (Lipinski definition) is 3. The van der Waals surface area contributed by atoms with Crippen LogP contribution in [0.1, 0.15) is 51.4 Å². The quantitative estimate of drug-likeness (QED) is 0.271. The number of hydrogen-bond donors (Lipinski definition) is 2. The molecule has 0 bridgehead atoms. The van der Waals surface area contributed by atoms with E-state index in [1.807, 2.05) is 0 Å². The lowest BCUT2D eigenvalue weighted by Gasteiger charge is -2.32. The van der Waals surface area contributed by atoms with Crippen molar-refractivity contribution >= 4 is 35.8 Å². The standard InChI is InChI=1S/C21H38F3N5O.HI/c1-28(2)19(30)15-27-20(26-14-18-6-4-3-5-7-18)25-11-8-17-9-12-29(13-10-17)16-21(22,23)24;/h17-18H,3-16H2,1-2H3,(H2,25,26,27);1H. The topological polar surface area (TPSA) is 60.0 Å². The van der Waals surface area contributed by atoms with E-state index in [1.165, 1.54) is 41.9 Å². The van der Waals surface area contributed by atoms with Gasteiger partial charge in [0.25, 0.3) is 0 Å². The van der Waals surface area contributed by atoms with Gasteiger partial charge in [0.05, 0.1) is 6.54 Å². The third-order valence-corrected chi connectivity index (χ3v) is 6.11. The summed E-state index contributed by atoms with van der Waals surface area (Å²) < 4.78 is 37.5. The van der Waals surface area contributed by atoms with Crippen molar-refractivity contribution in [2.24, 2.45) is 16.8 Å². The third kappa shape index (κ3) is 12.1. The first-order chi connectivity index (χ1) is 14.2. The molecule has 2 aliphatic rings. The fraction of sp³-hybridized carbons (Fsp3) is 0.905. The minimum Gasteiger partial charge on any atom is -0.356 e. The number of rotatable bonds is 8. The number of amides is 1. The Kier molecular flexibility index (Phi) is 13.1. The Morgan fingerprint density at radius 2 is 1.68 bits per heavy atom. The summed E-state index contributed by atoms with van der Waals surface area (Å²) in [5.41, 5.74) is 0. The third-order valence-electron chi connectivity index (χ3n) is 6.11.